The second kappa shape index (κ2) is 3.28. The van der Waals surface area contributed by atoms with Gasteiger partial charge in [0.2, 0.25) is 0 Å². The Morgan fingerprint density at radius 3 is 3.07 bits per heavy atom. The van der Waals surface area contributed by atoms with Gasteiger partial charge < -0.3 is 9.67 Å². The zero-order valence-electron chi connectivity index (χ0n) is 7.83. The predicted molar refractivity (Wildman–Crippen MR) is 51.7 cm³/mol. The van der Waals surface area contributed by atoms with Crippen molar-refractivity contribution in [3.63, 3.8) is 0 Å². The van der Waals surface area contributed by atoms with Crippen molar-refractivity contribution in [1.82, 2.24) is 9.55 Å². The van der Waals surface area contributed by atoms with Crippen LogP contribution in [0.3, 0.4) is 0 Å². The number of aromatic carboxylic acids is 1. The summed E-state index contributed by atoms with van der Waals surface area (Å²) in [5.74, 6) is 0.283. The maximum Gasteiger partial charge on any atom is 0.357 e. The molecule has 0 spiro atoms. The molecule has 1 aliphatic rings. The molecular formula is C9H11ClN2O2. The van der Waals surface area contributed by atoms with Crippen molar-refractivity contribution in [3.8, 4) is 0 Å². The minimum atomic E-state index is -1.05. The molecule has 1 aromatic rings. The SMILES string of the molecule is C[C@@H]1CCc2nc(C(=O)O)c(Cl)n2C1. The predicted octanol–water partition coefficient (Wildman–Crippen LogP) is 1.82. The number of halogens is 1. The lowest BCUT2D eigenvalue weighted by atomic mass is 10.0. The van der Waals surface area contributed by atoms with Crippen LogP contribution in [0.25, 0.3) is 0 Å². The molecule has 5 heteroatoms. The molecule has 4 nitrogen and oxygen atoms in total. The first-order valence-electron chi connectivity index (χ1n) is 4.57. The van der Waals surface area contributed by atoms with Crippen molar-refractivity contribution in [2.45, 2.75) is 26.3 Å². The summed E-state index contributed by atoms with van der Waals surface area (Å²) < 4.78 is 1.80. The van der Waals surface area contributed by atoms with E-state index in [1.807, 2.05) is 0 Å². The Labute approximate surface area is 86.5 Å². The van der Waals surface area contributed by atoms with E-state index in [9.17, 15) is 4.79 Å². The lowest BCUT2D eigenvalue weighted by molar-refractivity contribution is 0.0691. The van der Waals surface area contributed by atoms with Crippen LogP contribution in [0.15, 0.2) is 0 Å². The van der Waals surface area contributed by atoms with Gasteiger partial charge in [0, 0.05) is 13.0 Å². The zero-order valence-corrected chi connectivity index (χ0v) is 8.58. The van der Waals surface area contributed by atoms with E-state index >= 15 is 0 Å². The number of hydrogen-bond acceptors (Lipinski definition) is 2. The zero-order chi connectivity index (χ0) is 10.3. The highest BCUT2D eigenvalue weighted by Crippen LogP contribution is 2.26. The van der Waals surface area contributed by atoms with E-state index in [4.69, 9.17) is 16.7 Å². The third-order valence-electron chi connectivity index (χ3n) is 2.54. The van der Waals surface area contributed by atoms with E-state index in [-0.39, 0.29) is 10.8 Å². The molecular weight excluding hydrogens is 204 g/mol. The lowest BCUT2D eigenvalue weighted by Crippen LogP contribution is -2.17. The summed E-state index contributed by atoms with van der Waals surface area (Å²) in [6.07, 6.45) is 1.86. The molecule has 1 N–H and O–H groups in total. The second-order valence-electron chi connectivity index (χ2n) is 3.73. The molecule has 2 heterocycles. The van der Waals surface area contributed by atoms with Crippen LogP contribution < -0.4 is 0 Å². The molecule has 0 aliphatic carbocycles. The molecule has 1 aliphatic heterocycles. The van der Waals surface area contributed by atoms with Crippen LogP contribution >= 0.6 is 11.6 Å². The molecule has 0 radical (unpaired) electrons. The van der Waals surface area contributed by atoms with Gasteiger partial charge in [-0.05, 0) is 12.3 Å². The average molecular weight is 215 g/mol. The van der Waals surface area contributed by atoms with Gasteiger partial charge >= 0.3 is 5.97 Å². The van der Waals surface area contributed by atoms with Crippen molar-refractivity contribution in [1.29, 1.82) is 0 Å². The number of imidazole rings is 1. The van der Waals surface area contributed by atoms with E-state index in [1.54, 1.807) is 4.57 Å². The lowest BCUT2D eigenvalue weighted by Gasteiger charge is -2.20. The number of carbonyl (C=O) groups is 1. The van der Waals surface area contributed by atoms with Crippen molar-refractivity contribution in [3.05, 3.63) is 16.7 Å². The fraction of sp³-hybridized carbons (Fsp3) is 0.556. The summed E-state index contributed by atoms with van der Waals surface area (Å²) in [6, 6.07) is 0. The first-order chi connectivity index (χ1) is 6.59. The molecule has 1 aromatic heterocycles. The highest BCUT2D eigenvalue weighted by Gasteiger charge is 2.24. The fourth-order valence-corrected chi connectivity index (χ4v) is 2.06. The van der Waals surface area contributed by atoms with E-state index in [1.165, 1.54) is 0 Å². The monoisotopic (exact) mass is 214 g/mol. The Balaban J connectivity index is 2.46. The van der Waals surface area contributed by atoms with Crippen LogP contribution in [-0.4, -0.2) is 20.6 Å². The van der Waals surface area contributed by atoms with Gasteiger partial charge in [0.25, 0.3) is 0 Å². The van der Waals surface area contributed by atoms with Gasteiger partial charge in [-0.2, -0.15) is 0 Å². The van der Waals surface area contributed by atoms with Crippen LogP contribution in [-0.2, 0) is 13.0 Å². The van der Waals surface area contributed by atoms with Gasteiger partial charge in [-0.1, -0.05) is 18.5 Å². The van der Waals surface area contributed by atoms with Crippen LogP contribution in [0, 0.1) is 5.92 Å². The highest BCUT2D eigenvalue weighted by molar-refractivity contribution is 6.32. The second-order valence-corrected chi connectivity index (χ2v) is 4.09. The highest BCUT2D eigenvalue weighted by atomic mass is 35.5. The molecule has 0 bridgehead atoms. The maximum atomic E-state index is 10.8. The van der Waals surface area contributed by atoms with Crippen LogP contribution in [0.5, 0.6) is 0 Å². The van der Waals surface area contributed by atoms with Gasteiger partial charge in [-0.25, -0.2) is 9.78 Å². The molecule has 76 valence electrons. The Bertz CT molecular complexity index is 386. The average Bonchev–Trinajstić information content (AvgIpc) is 2.44. The smallest absolute Gasteiger partial charge is 0.357 e. The number of hydrogen-bond donors (Lipinski definition) is 1. The first-order valence-corrected chi connectivity index (χ1v) is 4.95. The molecule has 0 unspecified atom stereocenters. The Morgan fingerprint density at radius 1 is 1.71 bits per heavy atom. The number of aryl methyl sites for hydroxylation is 1. The molecule has 1 atom stereocenters. The van der Waals surface area contributed by atoms with Gasteiger partial charge in [-0.15, -0.1) is 0 Å². The van der Waals surface area contributed by atoms with E-state index in [2.05, 4.69) is 11.9 Å². The Kier molecular flexibility index (Phi) is 2.23. The minimum Gasteiger partial charge on any atom is -0.476 e. The van der Waals surface area contributed by atoms with Gasteiger partial charge in [0.05, 0.1) is 0 Å². The standard InChI is InChI=1S/C9H11ClN2O2/c1-5-2-3-6-11-7(9(13)14)8(10)12(6)4-5/h5H,2-4H2,1H3,(H,13,14)/t5-/m1/s1. The number of carboxylic acid groups (broad SMARTS) is 1. The molecule has 0 fully saturated rings. The van der Waals surface area contributed by atoms with Gasteiger partial charge in [0.1, 0.15) is 11.0 Å². The molecule has 14 heavy (non-hydrogen) atoms. The summed E-state index contributed by atoms with van der Waals surface area (Å²) in [5, 5.41) is 9.08. The van der Waals surface area contributed by atoms with E-state index in [0.29, 0.717) is 5.92 Å². The summed E-state index contributed by atoms with van der Waals surface area (Å²) in [4.78, 5) is 14.8. The van der Waals surface area contributed by atoms with Crippen molar-refractivity contribution < 1.29 is 9.90 Å². The van der Waals surface area contributed by atoms with Crippen molar-refractivity contribution >= 4 is 17.6 Å². The van der Waals surface area contributed by atoms with Crippen LogP contribution in [0.4, 0.5) is 0 Å². The molecule has 0 saturated heterocycles. The summed E-state index contributed by atoms with van der Waals surface area (Å²) in [6.45, 7) is 2.90. The number of carboxylic acids is 1. The normalized spacial score (nSPS) is 20.6. The molecule has 0 saturated carbocycles. The molecule has 2 rings (SSSR count). The van der Waals surface area contributed by atoms with E-state index in [0.717, 1.165) is 25.2 Å². The quantitative estimate of drug-likeness (QED) is 0.776. The fourth-order valence-electron chi connectivity index (χ4n) is 1.77. The molecule has 0 amide bonds. The summed E-state index contributed by atoms with van der Waals surface area (Å²) >= 11 is 5.92. The third kappa shape index (κ3) is 1.39. The number of fused-ring (bicyclic) bond motifs is 1. The van der Waals surface area contributed by atoms with Gasteiger partial charge in [-0.3, -0.25) is 0 Å². The van der Waals surface area contributed by atoms with Crippen LogP contribution in [0.2, 0.25) is 5.15 Å². The van der Waals surface area contributed by atoms with E-state index < -0.39 is 5.97 Å². The topological polar surface area (TPSA) is 55.1 Å². The largest absolute Gasteiger partial charge is 0.476 e. The molecule has 0 aromatic carbocycles. The first kappa shape index (κ1) is 9.52. The Hall–Kier alpha value is -1.03. The minimum absolute atomic E-state index is 0.0178. The number of nitrogens with zero attached hydrogens (tertiary/aromatic N) is 2. The van der Waals surface area contributed by atoms with Crippen molar-refractivity contribution in [2.75, 3.05) is 0 Å². The van der Waals surface area contributed by atoms with Crippen molar-refractivity contribution in [2.24, 2.45) is 5.92 Å². The van der Waals surface area contributed by atoms with Gasteiger partial charge in [0.15, 0.2) is 5.69 Å². The summed E-state index contributed by atoms with van der Waals surface area (Å²) in [5.41, 5.74) is -0.0178. The Morgan fingerprint density at radius 2 is 2.43 bits per heavy atom. The summed E-state index contributed by atoms with van der Waals surface area (Å²) in [7, 11) is 0. The number of rotatable bonds is 1. The number of aromatic nitrogens is 2. The maximum absolute atomic E-state index is 10.8. The third-order valence-corrected chi connectivity index (χ3v) is 2.93. The van der Waals surface area contributed by atoms with Crippen LogP contribution in [0.1, 0.15) is 29.7 Å².